The number of rotatable bonds is 1. The topological polar surface area (TPSA) is 53.4 Å². The van der Waals surface area contributed by atoms with Crippen LogP contribution in [0.4, 0.5) is 10.6 Å². The van der Waals surface area contributed by atoms with Crippen molar-refractivity contribution in [1.82, 2.24) is 4.98 Å². The largest absolute Gasteiger partial charge is 0.465 e. The Bertz CT molecular complexity index is 497. The Hall–Kier alpha value is -1.10. The molecular formula is C14H19BrN2O2. The van der Waals surface area contributed by atoms with Crippen LogP contribution in [-0.4, -0.2) is 22.2 Å². The molecule has 2 heterocycles. The third kappa shape index (κ3) is 2.76. The molecule has 1 N–H and O–H groups in total. The van der Waals surface area contributed by atoms with Crippen LogP contribution in [0.3, 0.4) is 0 Å². The molecule has 104 valence electrons. The average Bonchev–Trinajstić information content (AvgIpc) is 2.35. The van der Waals surface area contributed by atoms with Crippen molar-refractivity contribution in [3.63, 3.8) is 0 Å². The van der Waals surface area contributed by atoms with E-state index in [1.165, 1.54) is 4.90 Å². The normalized spacial score (nSPS) is 19.2. The summed E-state index contributed by atoms with van der Waals surface area (Å²) in [6.07, 6.45) is 0.814. The minimum absolute atomic E-state index is 0.0319. The van der Waals surface area contributed by atoms with E-state index in [1.807, 2.05) is 12.1 Å². The van der Waals surface area contributed by atoms with Crippen molar-refractivity contribution in [1.29, 1.82) is 0 Å². The second kappa shape index (κ2) is 5.12. The first-order valence-electron chi connectivity index (χ1n) is 6.41. The number of carboxylic acid groups (broad SMARTS) is 1. The number of aryl methyl sites for hydroxylation is 1. The maximum Gasteiger partial charge on any atom is 0.413 e. The summed E-state index contributed by atoms with van der Waals surface area (Å²) in [6, 6.07) is 3.91. The van der Waals surface area contributed by atoms with Gasteiger partial charge in [0.1, 0.15) is 5.82 Å². The summed E-state index contributed by atoms with van der Waals surface area (Å²) in [4.78, 5) is 17.6. The maximum atomic E-state index is 11.6. The molecule has 0 saturated heterocycles. The van der Waals surface area contributed by atoms with Crippen molar-refractivity contribution in [3.8, 4) is 0 Å². The van der Waals surface area contributed by atoms with Gasteiger partial charge in [-0.3, -0.25) is 4.90 Å². The number of fused-ring (bicyclic) bond motifs is 1. The summed E-state index contributed by atoms with van der Waals surface area (Å²) in [6.45, 7) is 6.23. The molecule has 4 nitrogen and oxygen atoms in total. The van der Waals surface area contributed by atoms with Crippen molar-refractivity contribution in [2.24, 2.45) is 5.41 Å². The van der Waals surface area contributed by atoms with Gasteiger partial charge in [-0.25, -0.2) is 9.78 Å². The van der Waals surface area contributed by atoms with Crippen molar-refractivity contribution in [3.05, 3.63) is 23.4 Å². The zero-order chi connectivity index (χ0) is 14.2. The lowest BCUT2D eigenvalue weighted by molar-refractivity contribution is 0.185. The van der Waals surface area contributed by atoms with Crippen molar-refractivity contribution < 1.29 is 9.90 Å². The van der Waals surface area contributed by atoms with Gasteiger partial charge in [0, 0.05) is 11.4 Å². The fourth-order valence-corrected chi connectivity index (χ4v) is 2.92. The highest BCUT2D eigenvalue weighted by atomic mass is 79.9. The fraction of sp³-hybridized carbons (Fsp3) is 0.571. The van der Waals surface area contributed by atoms with E-state index in [1.54, 1.807) is 0 Å². The van der Waals surface area contributed by atoms with Crippen LogP contribution >= 0.6 is 15.9 Å². The van der Waals surface area contributed by atoms with Gasteiger partial charge < -0.3 is 5.11 Å². The number of hydrogen-bond donors (Lipinski definition) is 1. The van der Waals surface area contributed by atoms with E-state index in [-0.39, 0.29) is 11.5 Å². The lowest BCUT2D eigenvalue weighted by Gasteiger charge is -2.41. The van der Waals surface area contributed by atoms with Crippen LogP contribution in [0.15, 0.2) is 12.1 Å². The number of pyridine rings is 1. The number of nitrogens with zero attached hydrogens (tertiary/aromatic N) is 2. The van der Waals surface area contributed by atoms with Gasteiger partial charge in [0.2, 0.25) is 0 Å². The SMILES string of the molecule is CC(C)(C)C1CCc2ccc(CBr)nc2N1C(=O)O. The number of carbonyl (C=O) groups is 1. The van der Waals surface area contributed by atoms with Gasteiger partial charge in [-0.15, -0.1) is 0 Å². The monoisotopic (exact) mass is 326 g/mol. The number of aromatic nitrogens is 1. The Morgan fingerprint density at radius 1 is 1.53 bits per heavy atom. The van der Waals surface area contributed by atoms with Crippen LogP contribution in [0.1, 0.15) is 38.4 Å². The molecule has 19 heavy (non-hydrogen) atoms. The zero-order valence-electron chi connectivity index (χ0n) is 11.5. The number of halogens is 1. The molecule has 0 aliphatic carbocycles. The first-order chi connectivity index (χ1) is 8.84. The lowest BCUT2D eigenvalue weighted by atomic mass is 9.80. The van der Waals surface area contributed by atoms with Crippen LogP contribution in [0.5, 0.6) is 0 Å². The minimum Gasteiger partial charge on any atom is -0.465 e. The van der Waals surface area contributed by atoms with Crippen LogP contribution < -0.4 is 4.90 Å². The minimum atomic E-state index is -0.917. The molecule has 0 bridgehead atoms. The first-order valence-corrected chi connectivity index (χ1v) is 7.53. The molecule has 0 fully saturated rings. The molecule has 1 aliphatic heterocycles. The molecule has 1 aromatic rings. The summed E-state index contributed by atoms with van der Waals surface area (Å²) in [5.41, 5.74) is 1.79. The van der Waals surface area contributed by atoms with Gasteiger partial charge in [-0.1, -0.05) is 42.8 Å². The summed E-state index contributed by atoms with van der Waals surface area (Å²) < 4.78 is 0. The quantitative estimate of drug-likeness (QED) is 0.798. The van der Waals surface area contributed by atoms with E-state index in [9.17, 15) is 9.90 Å². The van der Waals surface area contributed by atoms with E-state index in [2.05, 4.69) is 41.7 Å². The molecule has 1 unspecified atom stereocenters. The highest BCUT2D eigenvalue weighted by Gasteiger charge is 2.39. The van der Waals surface area contributed by atoms with Gasteiger partial charge in [-0.05, 0) is 29.9 Å². The number of hydrogen-bond acceptors (Lipinski definition) is 2. The molecule has 0 saturated carbocycles. The fourth-order valence-electron chi connectivity index (χ4n) is 2.61. The summed E-state index contributed by atoms with van der Waals surface area (Å²) in [5.74, 6) is 0.607. The molecule has 0 spiro atoms. The molecule has 1 amide bonds. The highest BCUT2D eigenvalue weighted by Crippen LogP contribution is 2.37. The number of anilines is 1. The van der Waals surface area contributed by atoms with E-state index in [0.717, 1.165) is 24.1 Å². The Morgan fingerprint density at radius 3 is 2.74 bits per heavy atom. The molecule has 1 aliphatic rings. The number of alkyl halides is 1. The molecule has 0 aromatic carbocycles. The third-order valence-electron chi connectivity index (χ3n) is 3.58. The standard InChI is InChI=1S/C14H19BrN2O2/c1-14(2,3)11-7-5-9-4-6-10(8-15)16-12(9)17(11)13(18)19/h4,6,11H,5,7-8H2,1-3H3,(H,18,19). The summed E-state index contributed by atoms with van der Waals surface area (Å²) in [5, 5.41) is 10.2. The third-order valence-corrected chi connectivity index (χ3v) is 4.16. The highest BCUT2D eigenvalue weighted by molar-refractivity contribution is 9.08. The molecule has 1 aromatic heterocycles. The Balaban J connectivity index is 2.50. The Kier molecular flexibility index (Phi) is 3.85. The van der Waals surface area contributed by atoms with Crippen molar-refractivity contribution in [2.45, 2.75) is 45.0 Å². The van der Waals surface area contributed by atoms with E-state index in [4.69, 9.17) is 0 Å². The van der Waals surface area contributed by atoms with Crippen LogP contribution in [0.2, 0.25) is 0 Å². The molecule has 2 rings (SSSR count). The Labute approximate surface area is 122 Å². The van der Waals surface area contributed by atoms with Crippen molar-refractivity contribution >= 4 is 27.8 Å². The zero-order valence-corrected chi connectivity index (χ0v) is 13.1. The lowest BCUT2D eigenvalue weighted by Crippen LogP contribution is -2.50. The summed E-state index contributed by atoms with van der Waals surface area (Å²) >= 11 is 3.37. The van der Waals surface area contributed by atoms with E-state index in [0.29, 0.717) is 11.1 Å². The Morgan fingerprint density at radius 2 is 2.21 bits per heavy atom. The number of amides is 1. The molecule has 1 atom stereocenters. The molecular weight excluding hydrogens is 308 g/mol. The average molecular weight is 327 g/mol. The second-order valence-corrected chi connectivity index (χ2v) is 6.55. The van der Waals surface area contributed by atoms with E-state index < -0.39 is 6.09 Å². The van der Waals surface area contributed by atoms with Crippen LogP contribution in [0, 0.1) is 5.41 Å². The molecule has 5 heteroatoms. The van der Waals surface area contributed by atoms with Gasteiger partial charge in [0.15, 0.2) is 0 Å². The smallest absolute Gasteiger partial charge is 0.413 e. The van der Waals surface area contributed by atoms with Gasteiger partial charge in [0.05, 0.1) is 5.69 Å². The van der Waals surface area contributed by atoms with Gasteiger partial charge in [-0.2, -0.15) is 0 Å². The maximum absolute atomic E-state index is 11.6. The first kappa shape index (κ1) is 14.3. The van der Waals surface area contributed by atoms with E-state index >= 15 is 0 Å². The predicted octanol–water partition coefficient (Wildman–Crippen LogP) is 3.82. The van der Waals surface area contributed by atoms with Gasteiger partial charge >= 0.3 is 6.09 Å². The molecule has 0 radical (unpaired) electrons. The summed E-state index contributed by atoms with van der Waals surface area (Å²) in [7, 11) is 0. The van der Waals surface area contributed by atoms with Crippen LogP contribution in [0.25, 0.3) is 0 Å². The van der Waals surface area contributed by atoms with Crippen molar-refractivity contribution in [2.75, 3.05) is 4.90 Å². The van der Waals surface area contributed by atoms with Crippen LogP contribution in [-0.2, 0) is 11.8 Å². The predicted molar refractivity (Wildman–Crippen MR) is 78.9 cm³/mol. The van der Waals surface area contributed by atoms with Gasteiger partial charge in [0.25, 0.3) is 0 Å². The second-order valence-electron chi connectivity index (χ2n) is 5.99.